The molecule has 442 valence electrons. The number of nitrogens with one attached hydrogen (secondary N) is 1. The van der Waals surface area contributed by atoms with E-state index in [1.807, 2.05) is 50.2 Å². The first-order valence-corrected chi connectivity index (χ1v) is 27.7. The number of phenols is 2. The molecular weight excluding hydrogens is 1060 g/mol. The van der Waals surface area contributed by atoms with Crippen LogP contribution in [0.25, 0.3) is 21.8 Å². The van der Waals surface area contributed by atoms with Crippen LogP contribution in [0.3, 0.4) is 0 Å². The summed E-state index contributed by atoms with van der Waals surface area (Å²) in [6, 6.07) is 32.5. The zero-order valence-electron chi connectivity index (χ0n) is 48.6. The Morgan fingerprint density at radius 3 is 1.37 bits per heavy atom. The van der Waals surface area contributed by atoms with Gasteiger partial charge in [-0.25, -0.2) is 9.97 Å². The van der Waals surface area contributed by atoms with E-state index in [2.05, 4.69) is 15.3 Å². The number of aromatic hydroxyl groups is 2. The first-order chi connectivity index (χ1) is 39.7. The largest absolute Gasteiger partial charge is 0.506 e. The van der Waals surface area contributed by atoms with Crippen LogP contribution in [0.2, 0.25) is 0 Å². The summed E-state index contributed by atoms with van der Waals surface area (Å²) in [5.74, 6) is -4.57. The molecule has 2 aromatic heterocycles. The molecule has 0 fully saturated rings. The number of hydrogen-bond acceptors (Lipinski definition) is 14. The zero-order valence-corrected chi connectivity index (χ0v) is 48.6. The van der Waals surface area contributed by atoms with Gasteiger partial charge in [0.25, 0.3) is 0 Å². The number of fused-ring (bicyclic) bond motifs is 2. The number of hydrogen-bond donors (Lipinski definition) is 4. The lowest BCUT2D eigenvalue weighted by Gasteiger charge is -2.36. The number of rotatable bonds is 30. The van der Waals surface area contributed by atoms with Crippen LogP contribution in [0.15, 0.2) is 121 Å². The molecule has 0 radical (unpaired) electrons. The van der Waals surface area contributed by atoms with Crippen molar-refractivity contribution in [3.63, 3.8) is 0 Å². The van der Waals surface area contributed by atoms with Gasteiger partial charge in [-0.05, 0) is 76.4 Å². The standard InChI is InChI=1S/C62H78N10O11/c1-9-41(2)69(36-56(77)68(32-51-29-27-49-23-17-25-53(74)62(49)66-51)35-59(80)72(33-54(63)75)45(6)47-20-14-11-15-21-47)60(81)38-71(43(4)40-83-8)58(79)34-67(31-50-28-26-48-22-16-24-52(73)61(48)65-50)57(78)37-70(42(3)39-82-7)55(76)30-64-44(5)46-18-12-10-13-19-46/h10-29,41-45,64,73-74H,9,30-40H2,1-8H3,(H2,63,75)/t41-,42-,43-,44-,45-/m0/s1. The van der Waals surface area contributed by atoms with Crippen molar-refractivity contribution in [2.45, 2.75) is 91.3 Å². The molecule has 2 heterocycles. The summed E-state index contributed by atoms with van der Waals surface area (Å²) in [4.78, 5) is 118. The molecule has 21 heteroatoms. The Balaban J connectivity index is 1.30. The summed E-state index contributed by atoms with van der Waals surface area (Å²) in [6.45, 7) is 6.92. The molecule has 6 rings (SSSR count). The third-order valence-corrected chi connectivity index (χ3v) is 14.7. The molecule has 6 aromatic rings. The molecule has 0 unspecified atom stereocenters. The lowest BCUT2D eigenvalue weighted by Crippen LogP contribution is -2.55. The van der Waals surface area contributed by atoms with E-state index in [4.69, 9.17) is 15.2 Å². The lowest BCUT2D eigenvalue weighted by molar-refractivity contribution is -0.151. The number of phenolic OH excluding ortho intramolecular Hbond substituents is 2. The van der Waals surface area contributed by atoms with Crippen LogP contribution in [0.1, 0.15) is 82.6 Å². The van der Waals surface area contributed by atoms with E-state index in [1.54, 1.807) is 100 Å². The number of para-hydroxylation sites is 2. The van der Waals surface area contributed by atoms with Gasteiger partial charge in [-0.2, -0.15) is 0 Å². The SMILES string of the molecule is CC[C@H](C)N(CC(=O)N(CC(=O)N(CC(N)=O)[C@@H](C)c1ccccc1)Cc1ccc2cccc(O)c2n1)C(=O)CN(C(=O)CN(Cc1ccc2cccc(O)c2n1)C(=O)CN(C(=O)CN[C@@H](C)c1ccccc1)[C@@H](C)COC)[C@@H](C)COC. The smallest absolute Gasteiger partial charge is 0.243 e. The molecule has 0 spiro atoms. The summed E-state index contributed by atoms with van der Waals surface area (Å²) in [5.41, 5.74) is 8.53. The average Bonchev–Trinajstić information content (AvgIpc) is 3.49. The number of carbonyl (C=O) groups is 7. The van der Waals surface area contributed by atoms with E-state index in [9.17, 15) is 39.0 Å². The topological polar surface area (TPSA) is 262 Å². The van der Waals surface area contributed by atoms with Crippen molar-refractivity contribution < 1.29 is 53.2 Å². The van der Waals surface area contributed by atoms with E-state index < -0.39 is 105 Å². The maximum absolute atomic E-state index is 15.0. The van der Waals surface area contributed by atoms with Gasteiger partial charge in [-0.1, -0.05) is 104 Å². The summed E-state index contributed by atoms with van der Waals surface area (Å²) in [7, 11) is 2.93. The summed E-state index contributed by atoms with van der Waals surface area (Å²) in [5, 5.41) is 26.0. The van der Waals surface area contributed by atoms with Gasteiger partial charge in [0, 0.05) is 37.1 Å². The van der Waals surface area contributed by atoms with Gasteiger partial charge in [-0.15, -0.1) is 0 Å². The summed E-state index contributed by atoms with van der Waals surface area (Å²) in [6.07, 6.45) is 0.375. The number of nitrogens with zero attached hydrogens (tertiary/aromatic N) is 8. The highest BCUT2D eigenvalue weighted by molar-refractivity contribution is 5.93. The Hall–Kier alpha value is -8.53. The maximum atomic E-state index is 15.0. The molecule has 0 aliphatic carbocycles. The Morgan fingerprint density at radius 1 is 0.494 bits per heavy atom. The second-order valence-electron chi connectivity index (χ2n) is 20.8. The molecule has 5 atom stereocenters. The van der Waals surface area contributed by atoms with Gasteiger partial charge in [0.15, 0.2) is 0 Å². The predicted octanol–water partition coefficient (Wildman–Crippen LogP) is 5.33. The molecule has 0 saturated heterocycles. The Bertz CT molecular complexity index is 3190. The second-order valence-corrected chi connectivity index (χ2v) is 20.8. The van der Waals surface area contributed by atoms with Crippen molar-refractivity contribution in [1.82, 2.24) is 44.7 Å². The van der Waals surface area contributed by atoms with E-state index in [0.29, 0.717) is 34.1 Å². The number of primary amides is 1. The maximum Gasteiger partial charge on any atom is 0.243 e. The minimum absolute atomic E-state index is 0.0284. The first-order valence-electron chi connectivity index (χ1n) is 27.7. The Morgan fingerprint density at radius 2 is 0.916 bits per heavy atom. The monoisotopic (exact) mass is 1140 g/mol. The Kier molecular flexibility index (Phi) is 23.4. The number of pyridine rings is 2. The highest BCUT2D eigenvalue weighted by atomic mass is 16.5. The third kappa shape index (κ3) is 17.5. The number of ether oxygens (including phenoxy) is 2. The molecule has 4 aromatic carbocycles. The van der Waals surface area contributed by atoms with Crippen molar-refractivity contribution in [3.8, 4) is 11.5 Å². The van der Waals surface area contributed by atoms with Crippen molar-refractivity contribution in [2.24, 2.45) is 5.73 Å². The van der Waals surface area contributed by atoms with Gasteiger partial charge >= 0.3 is 0 Å². The van der Waals surface area contributed by atoms with Crippen LogP contribution >= 0.6 is 0 Å². The van der Waals surface area contributed by atoms with Gasteiger partial charge in [-0.3, -0.25) is 33.6 Å². The van der Waals surface area contributed by atoms with E-state index in [1.165, 1.54) is 55.8 Å². The molecule has 21 nitrogen and oxygen atoms in total. The molecule has 5 N–H and O–H groups in total. The predicted molar refractivity (Wildman–Crippen MR) is 314 cm³/mol. The second kappa shape index (κ2) is 30.5. The van der Waals surface area contributed by atoms with Crippen LogP contribution in [-0.2, 0) is 56.1 Å². The number of methoxy groups -OCH3 is 2. The number of amides is 7. The van der Waals surface area contributed by atoms with Gasteiger partial charge < -0.3 is 60.1 Å². The fraction of sp³-hybridized carbons (Fsp3) is 0.403. The number of carbonyl (C=O) groups excluding carboxylic acids is 7. The fourth-order valence-corrected chi connectivity index (χ4v) is 9.69. The summed E-state index contributed by atoms with van der Waals surface area (Å²) >= 11 is 0. The van der Waals surface area contributed by atoms with Crippen LogP contribution in [0.5, 0.6) is 11.5 Å². The number of aromatic nitrogens is 2. The van der Waals surface area contributed by atoms with Crippen LogP contribution in [0.4, 0.5) is 0 Å². The summed E-state index contributed by atoms with van der Waals surface area (Å²) < 4.78 is 11.0. The van der Waals surface area contributed by atoms with Crippen molar-refractivity contribution >= 4 is 63.2 Å². The highest BCUT2D eigenvalue weighted by Gasteiger charge is 2.34. The molecular formula is C62H78N10O11. The van der Waals surface area contributed by atoms with E-state index in [0.717, 1.165) is 5.56 Å². The normalized spacial score (nSPS) is 13.1. The average molecular weight is 1140 g/mol. The van der Waals surface area contributed by atoms with Crippen LogP contribution in [-0.4, -0.2) is 182 Å². The Labute approximate surface area is 484 Å². The molecule has 0 saturated carbocycles. The lowest BCUT2D eigenvalue weighted by atomic mass is 10.1. The van der Waals surface area contributed by atoms with Crippen molar-refractivity contribution in [1.29, 1.82) is 0 Å². The zero-order chi connectivity index (χ0) is 60.3. The van der Waals surface area contributed by atoms with E-state index in [-0.39, 0.29) is 61.4 Å². The first kappa shape index (κ1) is 63.6. The molecule has 0 aliphatic heterocycles. The van der Waals surface area contributed by atoms with Crippen LogP contribution < -0.4 is 11.1 Å². The van der Waals surface area contributed by atoms with Crippen molar-refractivity contribution in [2.75, 3.05) is 73.2 Å². The minimum Gasteiger partial charge on any atom is -0.506 e. The third-order valence-electron chi connectivity index (χ3n) is 14.7. The van der Waals surface area contributed by atoms with Crippen LogP contribution in [0, 0.1) is 0 Å². The molecule has 0 aliphatic rings. The molecule has 0 bridgehead atoms. The van der Waals surface area contributed by atoms with Crippen molar-refractivity contribution in [3.05, 3.63) is 144 Å². The van der Waals surface area contributed by atoms with Gasteiger partial charge in [0.05, 0.1) is 68.9 Å². The minimum atomic E-state index is -0.773. The molecule has 83 heavy (non-hydrogen) atoms. The number of nitrogens with two attached hydrogens (primary N) is 1. The number of benzene rings is 4. The van der Waals surface area contributed by atoms with E-state index >= 15 is 4.79 Å². The molecule has 7 amide bonds. The van der Waals surface area contributed by atoms with Gasteiger partial charge in [0.2, 0.25) is 41.4 Å². The highest BCUT2D eigenvalue weighted by Crippen LogP contribution is 2.26. The van der Waals surface area contributed by atoms with Gasteiger partial charge in [0.1, 0.15) is 55.3 Å². The quantitative estimate of drug-likeness (QED) is 0.0445. The fourth-order valence-electron chi connectivity index (χ4n) is 9.69.